The zero-order valence-corrected chi connectivity index (χ0v) is 19.7. The fraction of sp³-hybridized carbons (Fsp3) is 0.0667. The SMILES string of the molecule is COc1cc(/C=C/C(=O)Oc2ccc(C(=O)Nc3ccccc3)cc2)ccc1OCc1ccccc1. The van der Waals surface area contributed by atoms with Crippen molar-refractivity contribution in [2.75, 3.05) is 12.4 Å². The van der Waals surface area contributed by atoms with Gasteiger partial charge in [-0.3, -0.25) is 4.79 Å². The van der Waals surface area contributed by atoms with Crippen molar-refractivity contribution in [3.05, 3.63) is 126 Å². The minimum Gasteiger partial charge on any atom is -0.493 e. The van der Waals surface area contributed by atoms with Crippen LogP contribution in [0.2, 0.25) is 0 Å². The number of nitrogens with one attached hydrogen (secondary N) is 1. The lowest BCUT2D eigenvalue weighted by atomic mass is 10.2. The molecule has 1 N–H and O–H groups in total. The van der Waals surface area contributed by atoms with Crippen molar-refractivity contribution in [2.45, 2.75) is 6.61 Å². The molecule has 36 heavy (non-hydrogen) atoms. The molecule has 0 heterocycles. The first kappa shape index (κ1) is 24.3. The van der Waals surface area contributed by atoms with Gasteiger partial charge in [0.2, 0.25) is 0 Å². The topological polar surface area (TPSA) is 73.9 Å². The number of ether oxygens (including phenoxy) is 3. The second-order valence-corrected chi connectivity index (χ2v) is 7.78. The third-order valence-corrected chi connectivity index (χ3v) is 5.20. The van der Waals surface area contributed by atoms with Crippen LogP contribution < -0.4 is 19.5 Å². The molecule has 0 fully saturated rings. The zero-order chi connectivity index (χ0) is 25.2. The molecule has 0 spiro atoms. The first-order valence-corrected chi connectivity index (χ1v) is 11.3. The van der Waals surface area contributed by atoms with Crippen molar-refractivity contribution in [1.82, 2.24) is 0 Å². The highest BCUT2D eigenvalue weighted by Gasteiger charge is 2.08. The predicted molar refractivity (Wildman–Crippen MR) is 139 cm³/mol. The van der Waals surface area contributed by atoms with Crippen molar-refractivity contribution < 1.29 is 23.8 Å². The van der Waals surface area contributed by atoms with Gasteiger partial charge in [0.25, 0.3) is 5.91 Å². The van der Waals surface area contributed by atoms with Crippen molar-refractivity contribution in [3.8, 4) is 17.2 Å². The molecule has 0 aliphatic rings. The first-order valence-electron chi connectivity index (χ1n) is 11.3. The Morgan fingerprint density at radius 3 is 2.19 bits per heavy atom. The number of para-hydroxylation sites is 1. The molecule has 4 rings (SSSR count). The average Bonchev–Trinajstić information content (AvgIpc) is 2.92. The molecule has 0 atom stereocenters. The fourth-order valence-corrected chi connectivity index (χ4v) is 3.36. The first-order chi connectivity index (χ1) is 17.6. The van der Waals surface area contributed by atoms with Crippen LogP contribution in [0.1, 0.15) is 21.5 Å². The summed E-state index contributed by atoms with van der Waals surface area (Å²) in [5, 5.41) is 2.81. The van der Waals surface area contributed by atoms with E-state index in [0.717, 1.165) is 11.1 Å². The Morgan fingerprint density at radius 2 is 1.50 bits per heavy atom. The maximum Gasteiger partial charge on any atom is 0.336 e. The molecule has 1 amide bonds. The van der Waals surface area contributed by atoms with Crippen LogP contribution in [0.25, 0.3) is 6.08 Å². The van der Waals surface area contributed by atoms with E-state index in [4.69, 9.17) is 14.2 Å². The summed E-state index contributed by atoms with van der Waals surface area (Å²) in [7, 11) is 1.57. The molecule has 0 saturated heterocycles. The van der Waals surface area contributed by atoms with Gasteiger partial charge in [-0.15, -0.1) is 0 Å². The van der Waals surface area contributed by atoms with E-state index in [1.54, 1.807) is 61.7 Å². The molecule has 0 aliphatic heterocycles. The molecule has 180 valence electrons. The fourth-order valence-electron chi connectivity index (χ4n) is 3.36. The standard InChI is InChI=1S/C30H25NO5/c1-34-28-20-22(12-18-27(28)35-21-23-8-4-2-5-9-23)13-19-29(32)36-26-16-14-24(15-17-26)30(33)31-25-10-6-3-7-11-25/h2-20H,21H2,1H3,(H,31,33)/b19-13+. The van der Waals surface area contributed by atoms with Gasteiger partial charge in [0.15, 0.2) is 11.5 Å². The van der Waals surface area contributed by atoms with E-state index in [1.807, 2.05) is 54.6 Å². The molecular weight excluding hydrogens is 454 g/mol. The Balaban J connectivity index is 1.32. The summed E-state index contributed by atoms with van der Waals surface area (Å²) in [5.41, 5.74) is 2.96. The minimum absolute atomic E-state index is 0.246. The van der Waals surface area contributed by atoms with Crippen LogP contribution in [0.4, 0.5) is 5.69 Å². The Bertz CT molecular complexity index is 1330. The molecule has 4 aromatic carbocycles. The van der Waals surface area contributed by atoms with Crippen LogP contribution in [0, 0.1) is 0 Å². The maximum absolute atomic E-state index is 12.3. The molecule has 0 radical (unpaired) electrons. The lowest BCUT2D eigenvalue weighted by Gasteiger charge is -2.11. The number of anilines is 1. The minimum atomic E-state index is -0.542. The van der Waals surface area contributed by atoms with Gasteiger partial charge in [-0.25, -0.2) is 4.79 Å². The largest absolute Gasteiger partial charge is 0.493 e. The van der Waals surface area contributed by atoms with Gasteiger partial charge in [0.1, 0.15) is 12.4 Å². The van der Waals surface area contributed by atoms with E-state index in [0.29, 0.717) is 35.1 Å². The Labute approximate surface area is 209 Å². The van der Waals surface area contributed by atoms with Gasteiger partial charge >= 0.3 is 5.97 Å². The van der Waals surface area contributed by atoms with Crippen LogP contribution in [-0.4, -0.2) is 19.0 Å². The number of esters is 1. The number of hydrogen-bond acceptors (Lipinski definition) is 5. The summed E-state index contributed by atoms with van der Waals surface area (Å²) < 4.78 is 16.6. The van der Waals surface area contributed by atoms with Crippen LogP contribution >= 0.6 is 0 Å². The third kappa shape index (κ3) is 6.84. The van der Waals surface area contributed by atoms with E-state index < -0.39 is 5.97 Å². The van der Waals surface area contributed by atoms with Crippen molar-refractivity contribution in [3.63, 3.8) is 0 Å². The Morgan fingerprint density at radius 1 is 0.806 bits per heavy atom. The average molecular weight is 480 g/mol. The summed E-state index contributed by atoms with van der Waals surface area (Å²) in [6.45, 7) is 0.422. The normalized spacial score (nSPS) is 10.6. The van der Waals surface area contributed by atoms with E-state index in [2.05, 4.69) is 5.32 Å². The number of rotatable bonds is 9. The third-order valence-electron chi connectivity index (χ3n) is 5.20. The maximum atomic E-state index is 12.3. The molecule has 4 aromatic rings. The van der Waals surface area contributed by atoms with Crippen molar-refractivity contribution >= 4 is 23.6 Å². The second kappa shape index (κ2) is 12.0. The quantitative estimate of drug-likeness (QED) is 0.177. The molecule has 0 bridgehead atoms. The van der Waals surface area contributed by atoms with Crippen molar-refractivity contribution in [1.29, 1.82) is 0 Å². The number of benzene rings is 4. The number of carbonyl (C=O) groups is 2. The molecule has 0 saturated carbocycles. The summed E-state index contributed by atoms with van der Waals surface area (Å²) in [6, 6.07) is 30.8. The van der Waals surface area contributed by atoms with E-state index in [-0.39, 0.29) is 5.91 Å². The highest BCUT2D eigenvalue weighted by molar-refractivity contribution is 6.04. The second-order valence-electron chi connectivity index (χ2n) is 7.78. The number of hydrogen-bond donors (Lipinski definition) is 1. The highest BCUT2D eigenvalue weighted by atomic mass is 16.5. The Kier molecular flexibility index (Phi) is 8.12. The number of carbonyl (C=O) groups excluding carboxylic acids is 2. The summed E-state index contributed by atoms with van der Waals surface area (Å²) in [5.74, 6) is 0.718. The van der Waals surface area contributed by atoms with Crippen molar-refractivity contribution in [2.24, 2.45) is 0 Å². The van der Waals surface area contributed by atoms with E-state index in [9.17, 15) is 9.59 Å². The summed E-state index contributed by atoms with van der Waals surface area (Å²) in [6.07, 6.45) is 2.96. The van der Waals surface area contributed by atoms with E-state index in [1.165, 1.54) is 6.08 Å². The molecule has 6 heteroatoms. The zero-order valence-electron chi connectivity index (χ0n) is 19.7. The van der Waals surface area contributed by atoms with Crippen LogP contribution in [0.3, 0.4) is 0 Å². The van der Waals surface area contributed by atoms with Gasteiger partial charge < -0.3 is 19.5 Å². The smallest absolute Gasteiger partial charge is 0.336 e. The summed E-state index contributed by atoms with van der Waals surface area (Å²) >= 11 is 0. The van der Waals surface area contributed by atoms with Gasteiger partial charge in [-0.1, -0.05) is 54.6 Å². The van der Waals surface area contributed by atoms with Crippen LogP contribution in [0.15, 0.2) is 109 Å². The van der Waals surface area contributed by atoms with Gasteiger partial charge in [0.05, 0.1) is 7.11 Å². The number of methoxy groups -OCH3 is 1. The van der Waals surface area contributed by atoms with Crippen LogP contribution in [0.5, 0.6) is 17.2 Å². The van der Waals surface area contributed by atoms with Gasteiger partial charge in [-0.2, -0.15) is 0 Å². The predicted octanol–water partition coefficient (Wildman–Crippen LogP) is 6.15. The summed E-state index contributed by atoms with van der Waals surface area (Å²) in [4.78, 5) is 24.6. The number of amides is 1. The molecule has 0 aromatic heterocycles. The molecule has 0 aliphatic carbocycles. The van der Waals surface area contributed by atoms with Gasteiger partial charge in [-0.05, 0) is 65.7 Å². The highest BCUT2D eigenvalue weighted by Crippen LogP contribution is 2.29. The van der Waals surface area contributed by atoms with Crippen LogP contribution in [-0.2, 0) is 11.4 Å². The van der Waals surface area contributed by atoms with E-state index >= 15 is 0 Å². The lowest BCUT2D eigenvalue weighted by Crippen LogP contribution is -2.11. The monoisotopic (exact) mass is 479 g/mol. The molecule has 0 unspecified atom stereocenters. The molecular formula is C30H25NO5. The van der Waals surface area contributed by atoms with Gasteiger partial charge in [0, 0.05) is 17.3 Å². The Hall–Kier alpha value is -4.84. The lowest BCUT2D eigenvalue weighted by molar-refractivity contribution is -0.128. The molecule has 6 nitrogen and oxygen atoms in total.